The molecule has 0 aromatic carbocycles. The Hall–Kier alpha value is -4.90. The van der Waals surface area contributed by atoms with Crippen molar-refractivity contribution in [3.63, 3.8) is 0 Å². The molecule has 6 aliphatic rings. The predicted molar refractivity (Wildman–Crippen MR) is 301 cm³/mol. The van der Waals surface area contributed by atoms with Crippen molar-refractivity contribution < 1.29 is 142 Å². The number of ether oxygens (including phenoxy) is 9. The van der Waals surface area contributed by atoms with Gasteiger partial charge in [0.05, 0.1) is 0 Å². The fourth-order valence-electron chi connectivity index (χ4n) is 13.4. The Balaban J connectivity index is 0.000000301. The van der Waals surface area contributed by atoms with Gasteiger partial charge in [-0.15, -0.1) is 0 Å². The molecule has 15 nitrogen and oxygen atoms in total. The molecular formula is C63H92F16O15. The summed E-state index contributed by atoms with van der Waals surface area (Å²) in [6.45, 7) is 22.6. The van der Waals surface area contributed by atoms with Crippen molar-refractivity contribution in [2.45, 2.75) is 297 Å². The molecule has 6 rings (SSSR count). The van der Waals surface area contributed by atoms with Crippen molar-refractivity contribution >= 4 is 36.4 Å². The van der Waals surface area contributed by atoms with Crippen LogP contribution in [-0.2, 0) is 57.0 Å². The Morgan fingerprint density at radius 3 is 0.862 bits per heavy atom. The molecule has 6 bridgehead atoms. The SMILES string of the molecule is CCC(C)(C(=O)OC1CC2CC1CC2C(C)(OC(=O)OC(C)(C)C)C(F)(F)F)C(F)(F)F.CCC(C)(C(=O)OC1CC2CC1CC2CC(C)(OC(=O)OC(C)(C)C)C(F)(F)F)C(F)(F)F.CCC(C)(F)C(=O)OC1CC2CC1CC2C(C)(OC(=O)OC(C)(C)C)C(F)(F)F. The van der Waals surface area contributed by atoms with E-state index in [0.29, 0.717) is 12.8 Å². The van der Waals surface area contributed by atoms with E-state index in [4.69, 9.17) is 42.6 Å². The molecule has 6 aliphatic carbocycles. The highest BCUT2D eigenvalue weighted by molar-refractivity contribution is 5.79. The van der Waals surface area contributed by atoms with Gasteiger partial charge in [0.1, 0.15) is 35.1 Å². The van der Waals surface area contributed by atoms with Crippen molar-refractivity contribution in [3.8, 4) is 0 Å². The van der Waals surface area contributed by atoms with Crippen molar-refractivity contribution in [2.24, 2.45) is 64.1 Å². The molecule has 0 heterocycles. The fraction of sp³-hybridized carbons (Fsp3) is 0.905. The molecule has 18 atom stereocenters. The zero-order valence-corrected chi connectivity index (χ0v) is 56.3. The molecule has 6 fully saturated rings. The first kappa shape index (κ1) is 81.5. The van der Waals surface area contributed by atoms with Gasteiger partial charge in [-0.2, -0.15) is 65.9 Å². The van der Waals surface area contributed by atoms with Gasteiger partial charge in [-0.25, -0.2) is 23.6 Å². The van der Waals surface area contributed by atoms with E-state index in [9.17, 15) is 99.0 Å². The summed E-state index contributed by atoms with van der Waals surface area (Å²) in [4.78, 5) is 72.5. The van der Waals surface area contributed by atoms with Crippen LogP contribution in [0.4, 0.5) is 84.6 Å². The molecule has 0 spiro atoms. The molecule has 94 heavy (non-hydrogen) atoms. The summed E-state index contributed by atoms with van der Waals surface area (Å²) in [7, 11) is 0. The van der Waals surface area contributed by atoms with E-state index in [1.807, 2.05) is 0 Å². The number of alkyl halides is 16. The van der Waals surface area contributed by atoms with Crippen LogP contribution in [-0.4, -0.2) is 125 Å². The molecule has 18 unspecified atom stereocenters. The minimum Gasteiger partial charge on any atom is -0.461 e. The molecule has 31 heteroatoms. The van der Waals surface area contributed by atoms with Gasteiger partial charge in [0.25, 0.3) is 0 Å². The summed E-state index contributed by atoms with van der Waals surface area (Å²) in [6, 6.07) is 0. The van der Waals surface area contributed by atoms with Gasteiger partial charge in [0.2, 0.25) is 22.5 Å². The Morgan fingerprint density at radius 2 is 0.617 bits per heavy atom. The first-order valence-corrected chi connectivity index (χ1v) is 31.4. The summed E-state index contributed by atoms with van der Waals surface area (Å²) < 4.78 is 264. The van der Waals surface area contributed by atoms with Gasteiger partial charge in [0.15, 0.2) is 10.8 Å². The van der Waals surface area contributed by atoms with Crippen LogP contribution < -0.4 is 0 Å². The smallest absolute Gasteiger partial charge is 0.461 e. The zero-order valence-electron chi connectivity index (χ0n) is 56.3. The maximum Gasteiger partial charge on any atom is 0.509 e. The average Bonchev–Trinajstić information content (AvgIpc) is 1.56. The Morgan fingerprint density at radius 1 is 0.319 bits per heavy atom. The topological polar surface area (TPSA) is 185 Å². The molecule has 0 radical (unpaired) electrons. The monoisotopic (exact) mass is 1390 g/mol. The molecular weight excluding hydrogens is 1300 g/mol. The first-order chi connectivity index (χ1) is 42.0. The Kier molecular flexibility index (Phi) is 24.1. The third kappa shape index (κ3) is 18.6. The largest absolute Gasteiger partial charge is 0.509 e. The maximum atomic E-state index is 14.1. The number of carbonyl (C=O) groups is 6. The van der Waals surface area contributed by atoms with Crippen LogP contribution in [0.2, 0.25) is 0 Å². The highest BCUT2D eigenvalue weighted by Crippen LogP contribution is 2.61. The van der Waals surface area contributed by atoms with Crippen LogP contribution in [0.5, 0.6) is 0 Å². The molecule has 0 aromatic rings. The molecule has 0 saturated heterocycles. The number of rotatable bonds is 16. The van der Waals surface area contributed by atoms with Gasteiger partial charge in [-0.3, -0.25) is 9.59 Å². The van der Waals surface area contributed by atoms with Gasteiger partial charge >= 0.3 is 67.3 Å². The van der Waals surface area contributed by atoms with E-state index < -0.39 is 190 Å². The molecule has 0 N–H and O–H groups in total. The highest BCUT2D eigenvalue weighted by Gasteiger charge is 2.69. The van der Waals surface area contributed by atoms with Crippen molar-refractivity contribution in [1.29, 1.82) is 0 Å². The van der Waals surface area contributed by atoms with Crippen LogP contribution in [0.15, 0.2) is 0 Å². The molecule has 0 aliphatic heterocycles. The fourth-order valence-corrected chi connectivity index (χ4v) is 13.4. The lowest BCUT2D eigenvalue weighted by Crippen LogP contribution is -2.55. The number of hydrogen-bond donors (Lipinski definition) is 0. The molecule has 6 saturated carbocycles. The third-order valence-corrected chi connectivity index (χ3v) is 19.8. The number of esters is 3. The Bertz CT molecular complexity index is 2670. The number of carbonyl (C=O) groups excluding carboxylic acids is 6. The van der Waals surface area contributed by atoms with Crippen molar-refractivity contribution in [1.82, 2.24) is 0 Å². The van der Waals surface area contributed by atoms with Crippen molar-refractivity contribution in [2.75, 3.05) is 0 Å². The highest BCUT2D eigenvalue weighted by atomic mass is 19.4. The van der Waals surface area contributed by atoms with Crippen LogP contribution in [0.25, 0.3) is 0 Å². The molecule has 0 amide bonds. The summed E-state index contributed by atoms with van der Waals surface area (Å²) in [5.74, 6) is -8.97. The average molecular weight is 1390 g/mol. The minimum atomic E-state index is -4.90. The van der Waals surface area contributed by atoms with E-state index in [-0.39, 0.29) is 69.1 Å². The zero-order chi connectivity index (χ0) is 72.9. The van der Waals surface area contributed by atoms with Gasteiger partial charge in [0, 0.05) is 11.8 Å². The van der Waals surface area contributed by atoms with Crippen LogP contribution >= 0.6 is 0 Å². The quantitative estimate of drug-likeness (QED) is 0.0806. The molecule has 0 aromatic heterocycles. The summed E-state index contributed by atoms with van der Waals surface area (Å²) in [5, 5.41) is 0. The van der Waals surface area contributed by atoms with Gasteiger partial charge in [-0.05, 0) is 229 Å². The standard InChI is InChI=1S/C22H32F6O5.C21H30F6O5.C20H30F4O5/c1-7-19(5,21(23,24)25)16(29)31-15-10-12-8-13(15)9-14(12)11-20(6,22(26,27)28)33-17(30)32-18(2,3)4;1-7-18(5,20(22,23)24)15(28)30-14-10-11-8-12(14)9-13(11)19(6,21(25,26)27)32-16(29)31-17(2,3)4;1-7-18(5,21)15(25)27-14-10-11-8-12(14)9-13(11)19(6,20(22,23)24)29-16(26)28-17(2,3)4/h12-15H,7-11H2,1-6H3;11-14H,7-10H2,1-6H3;11-14H,7-10H2,1-6H3. The second kappa shape index (κ2) is 27.8. The summed E-state index contributed by atoms with van der Waals surface area (Å²) in [6.07, 6.45) is -30.6. The normalized spacial score (nSPS) is 29.9. The maximum absolute atomic E-state index is 14.1. The lowest BCUT2D eigenvalue weighted by Gasteiger charge is -2.42. The van der Waals surface area contributed by atoms with Crippen LogP contribution in [0.3, 0.4) is 0 Å². The minimum absolute atomic E-state index is 0.0257. The third-order valence-electron chi connectivity index (χ3n) is 19.8. The predicted octanol–water partition coefficient (Wildman–Crippen LogP) is 18.1. The van der Waals surface area contributed by atoms with Gasteiger partial charge in [-0.1, -0.05) is 20.8 Å². The Labute approximate surface area is 537 Å². The second-order valence-electron chi connectivity index (χ2n) is 30.2. The second-order valence-corrected chi connectivity index (χ2v) is 30.2. The van der Waals surface area contributed by atoms with E-state index >= 15 is 0 Å². The lowest BCUT2D eigenvalue weighted by atomic mass is 9.75. The number of fused-ring (bicyclic) bond motifs is 6. The number of hydrogen-bond acceptors (Lipinski definition) is 15. The van der Waals surface area contributed by atoms with Crippen LogP contribution in [0, 0.1) is 64.1 Å². The van der Waals surface area contributed by atoms with Crippen LogP contribution in [0.1, 0.15) is 208 Å². The van der Waals surface area contributed by atoms with Gasteiger partial charge < -0.3 is 42.6 Å². The summed E-state index contributed by atoms with van der Waals surface area (Å²) >= 11 is 0. The van der Waals surface area contributed by atoms with E-state index in [2.05, 4.69) is 0 Å². The summed E-state index contributed by atoms with van der Waals surface area (Å²) in [5.41, 5.74) is -18.9. The molecule has 546 valence electrons. The number of halogens is 16. The lowest BCUT2D eigenvalue weighted by molar-refractivity contribution is -0.283. The first-order valence-electron chi connectivity index (χ1n) is 31.4. The van der Waals surface area contributed by atoms with Crippen molar-refractivity contribution in [3.05, 3.63) is 0 Å². The van der Waals surface area contributed by atoms with E-state index in [1.165, 1.54) is 83.1 Å². The van der Waals surface area contributed by atoms with E-state index in [0.717, 1.165) is 41.5 Å². The van der Waals surface area contributed by atoms with E-state index in [1.54, 1.807) is 0 Å².